The Morgan fingerprint density at radius 1 is 1.07 bits per heavy atom. The van der Waals surface area contributed by atoms with Crippen LogP contribution in [0.25, 0.3) is 0 Å². The van der Waals surface area contributed by atoms with E-state index >= 15 is 0 Å². The van der Waals surface area contributed by atoms with Gasteiger partial charge in [-0.05, 0) is 37.5 Å². The molecule has 0 saturated carbocycles. The summed E-state index contributed by atoms with van der Waals surface area (Å²) in [4.78, 5) is 27.3. The van der Waals surface area contributed by atoms with Crippen LogP contribution in [0.3, 0.4) is 0 Å². The lowest BCUT2D eigenvalue weighted by atomic mass is 10.1. The highest BCUT2D eigenvalue weighted by Gasteiger charge is 2.28. The fourth-order valence-corrected chi connectivity index (χ4v) is 3.04. The van der Waals surface area contributed by atoms with E-state index in [1.54, 1.807) is 4.90 Å². The number of carbonyl (C=O) groups excluding carboxylic acids is 2. The van der Waals surface area contributed by atoms with Gasteiger partial charge in [0.1, 0.15) is 11.8 Å². The molecule has 2 aromatic carbocycles. The number of ether oxygens (including phenoxy) is 1. The van der Waals surface area contributed by atoms with E-state index in [0.29, 0.717) is 25.3 Å². The van der Waals surface area contributed by atoms with Gasteiger partial charge < -0.3 is 15.0 Å². The van der Waals surface area contributed by atoms with Crippen LogP contribution in [0.5, 0.6) is 5.75 Å². The maximum absolute atomic E-state index is 13.0. The molecule has 1 N–H and O–H groups in total. The van der Waals surface area contributed by atoms with Gasteiger partial charge in [0.05, 0.1) is 0 Å². The van der Waals surface area contributed by atoms with Crippen molar-refractivity contribution in [2.24, 2.45) is 0 Å². The van der Waals surface area contributed by atoms with Crippen molar-refractivity contribution in [1.82, 2.24) is 10.2 Å². The van der Waals surface area contributed by atoms with Gasteiger partial charge >= 0.3 is 0 Å². The van der Waals surface area contributed by atoms with Crippen molar-refractivity contribution < 1.29 is 14.3 Å². The molecular formula is C23H30N2O3. The first-order valence-corrected chi connectivity index (χ1v) is 9.85. The van der Waals surface area contributed by atoms with Gasteiger partial charge in [-0.2, -0.15) is 0 Å². The van der Waals surface area contributed by atoms with Gasteiger partial charge in [0, 0.05) is 13.1 Å². The first-order valence-electron chi connectivity index (χ1n) is 9.85. The minimum Gasteiger partial charge on any atom is -0.484 e. The van der Waals surface area contributed by atoms with Crippen LogP contribution in [0.15, 0.2) is 54.6 Å². The lowest BCUT2D eigenvalue weighted by Gasteiger charge is -2.30. The van der Waals surface area contributed by atoms with Crippen LogP contribution < -0.4 is 10.1 Å². The summed E-state index contributed by atoms with van der Waals surface area (Å²) in [5, 5.41) is 2.92. The molecule has 0 aliphatic heterocycles. The quantitative estimate of drug-likeness (QED) is 0.681. The van der Waals surface area contributed by atoms with E-state index < -0.39 is 6.04 Å². The van der Waals surface area contributed by atoms with E-state index in [-0.39, 0.29) is 18.4 Å². The van der Waals surface area contributed by atoms with Gasteiger partial charge in [-0.3, -0.25) is 9.59 Å². The zero-order valence-electron chi connectivity index (χ0n) is 17.0. The number of hydrogen-bond donors (Lipinski definition) is 1. The molecule has 1 atom stereocenters. The molecule has 0 aliphatic carbocycles. The van der Waals surface area contributed by atoms with Crippen molar-refractivity contribution in [3.8, 4) is 5.75 Å². The molecule has 2 amide bonds. The van der Waals surface area contributed by atoms with E-state index in [4.69, 9.17) is 4.74 Å². The first-order chi connectivity index (χ1) is 13.5. The average Bonchev–Trinajstić information content (AvgIpc) is 2.71. The Kier molecular flexibility index (Phi) is 8.53. The molecule has 0 aromatic heterocycles. The number of rotatable bonds is 10. The fraction of sp³-hybridized carbons (Fsp3) is 0.391. The third-order valence-electron chi connectivity index (χ3n) is 4.48. The Morgan fingerprint density at radius 2 is 1.82 bits per heavy atom. The lowest BCUT2D eigenvalue weighted by molar-refractivity contribution is -0.143. The van der Waals surface area contributed by atoms with E-state index in [2.05, 4.69) is 5.32 Å². The zero-order valence-corrected chi connectivity index (χ0v) is 17.0. The van der Waals surface area contributed by atoms with E-state index in [1.807, 2.05) is 75.4 Å². The van der Waals surface area contributed by atoms with Gasteiger partial charge in [0.25, 0.3) is 5.91 Å². The number of para-hydroxylation sites is 1. The highest BCUT2D eigenvalue weighted by molar-refractivity contribution is 5.88. The maximum atomic E-state index is 13.0. The van der Waals surface area contributed by atoms with Crippen LogP contribution in [0.1, 0.15) is 37.8 Å². The minimum atomic E-state index is -0.529. The van der Waals surface area contributed by atoms with Crippen molar-refractivity contribution in [3.05, 3.63) is 65.7 Å². The lowest BCUT2D eigenvalue weighted by Crippen LogP contribution is -2.50. The molecule has 0 aliphatic rings. The molecule has 1 unspecified atom stereocenters. The van der Waals surface area contributed by atoms with Crippen LogP contribution in [0.2, 0.25) is 0 Å². The highest BCUT2D eigenvalue weighted by Crippen LogP contribution is 2.15. The molecule has 150 valence electrons. The largest absolute Gasteiger partial charge is 0.484 e. The SMILES string of the molecule is CCCNC(=O)C(CC)N(Cc1cccc(C)c1)C(=O)COc1ccccc1. The fourth-order valence-electron chi connectivity index (χ4n) is 3.04. The summed E-state index contributed by atoms with van der Waals surface area (Å²) in [6.07, 6.45) is 1.39. The molecule has 0 heterocycles. The normalized spacial score (nSPS) is 11.5. The number of carbonyl (C=O) groups is 2. The average molecular weight is 383 g/mol. The Bertz CT molecular complexity index is 761. The van der Waals surface area contributed by atoms with Gasteiger partial charge in [-0.25, -0.2) is 0 Å². The first kappa shape index (κ1) is 21.5. The molecule has 0 bridgehead atoms. The van der Waals surface area contributed by atoms with Crippen molar-refractivity contribution in [1.29, 1.82) is 0 Å². The Labute approximate surface area is 167 Å². The van der Waals surface area contributed by atoms with E-state index in [9.17, 15) is 9.59 Å². The second-order valence-corrected chi connectivity index (χ2v) is 6.83. The Hall–Kier alpha value is -2.82. The molecule has 2 rings (SSSR count). The summed E-state index contributed by atoms with van der Waals surface area (Å²) in [5.74, 6) is 0.309. The molecule has 28 heavy (non-hydrogen) atoms. The number of nitrogens with one attached hydrogen (secondary N) is 1. The van der Waals surface area contributed by atoms with Gasteiger partial charge in [0.2, 0.25) is 5.91 Å². The van der Waals surface area contributed by atoms with Crippen LogP contribution >= 0.6 is 0 Å². The molecule has 5 heteroatoms. The summed E-state index contributed by atoms with van der Waals surface area (Å²) in [5.41, 5.74) is 2.11. The standard InChI is InChI=1S/C23H30N2O3/c1-4-14-24-23(27)21(5-2)25(16-19-11-9-10-18(3)15-19)22(26)17-28-20-12-7-6-8-13-20/h6-13,15,21H,4-5,14,16-17H2,1-3H3,(H,24,27). The third-order valence-corrected chi connectivity index (χ3v) is 4.48. The molecular weight excluding hydrogens is 352 g/mol. The van der Waals surface area contributed by atoms with Crippen molar-refractivity contribution >= 4 is 11.8 Å². The predicted molar refractivity (Wildman–Crippen MR) is 111 cm³/mol. The number of aryl methyl sites for hydroxylation is 1. The number of benzene rings is 2. The van der Waals surface area contributed by atoms with Crippen LogP contribution in [-0.2, 0) is 16.1 Å². The molecule has 0 spiro atoms. The predicted octanol–water partition coefficient (Wildman–Crippen LogP) is 3.71. The summed E-state index contributed by atoms with van der Waals surface area (Å²) in [6.45, 7) is 6.81. The number of amides is 2. The summed E-state index contributed by atoms with van der Waals surface area (Å²) in [7, 11) is 0. The molecule has 0 saturated heterocycles. The van der Waals surface area contributed by atoms with E-state index in [0.717, 1.165) is 17.5 Å². The monoisotopic (exact) mass is 382 g/mol. The zero-order chi connectivity index (χ0) is 20.4. The highest BCUT2D eigenvalue weighted by atomic mass is 16.5. The number of nitrogens with zero attached hydrogens (tertiary/aromatic N) is 1. The van der Waals surface area contributed by atoms with Gasteiger partial charge in [-0.15, -0.1) is 0 Å². The van der Waals surface area contributed by atoms with Crippen LogP contribution in [0, 0.1) is 6.92 Å². The van der Waals surface area contributed by atoms with Crippen molar-refractivity contribution in [2.45, 2.75) is 46.2 Å². The van der Waals surface area contributed by atoms with Crippen molar-refractivity contribution in [2.75, 3.05) is 13.2 Å². The molecule has 2 aromatic rings. The second kappa shape index (κ2) is 11.1. The maximum Gasteiger partial charge on any atom is 0.261 e. The van der Waals surface area contributed by atoms with Crippen LogP contribution in [0.4, 0.5) is 0 Å². The summed E-state index contributed by atoms with van der Waals surface area (Å²) < 4.78 is 5.64. The van der Waals surface area contributed by atoms with Gasteiger partial charge in [-0.1, -0.05) is 61.9 Å². The summed E-state index contributed by atoms with van der Waals surface area (Å²) >= 11 is 0. The number of hydrogen-bond acceptors (Lipinski definition) is 3. The van der Waals surface area contributed by atoms with Crippen molar-refractivity contribution in [3.63, 3.8) is 0 Å². The van der Waals surface area contributed by atoms with Crippen LogP contribution in [-0.4, -0.2) is 35.9 Å². The second-order valence-electron chi connectivity index (χ2n) is 6.83. The summed E-state index contributed by atoms with van der Waals surface area (Å²) in [6, 6.07) is 16.7. The topological polar surface area (TPSA) is 58.6 Å². The van der Waals surface area contributed by atoms with Gasteiger partial charge in [0.15, 0.2) is 6.61 Å². The third kappa shape index (κ3) is 6.41. The molecule has 5 nitrogen and oxygen atoms in total. The van der Waals surface area contributed by atoms with E-state index in [1.165, 1.54) is 0 Å². The molecule has 0 radical (unpaired) electrons. The Morgan fingerprint density at radius 3 is 2.46 bits per heavy atom. The molecule has 0 fully saturated rings. The smallest absolute Gasteiger partial charge is 0.261 e. The Balaban J connectivity index is 2.17. The minimum absolute atomic E-state index is 0.104.